The van der Waals surface area contributed by atoms with Gasteiger partial charge >= 0.3 is 0 Å². The average molecular weight is 422 g/mol. The molecule has 2 unspecified atom stereocenters. The minimum atomic E-state index is -1.28. The van der Waals surface area contributed by atoms with Crippen LogP contribution in [0.1, 0.15) is 28.4 Å². The first-order valence-corrected chi connectivity index (χ1v) is 9.12. The summed E-state index contributed by atoms with van der Waals surface area (Å²) in [7, 11) is 4.26. The molecule has 0 saturated heterocycles. The van der Waals surface area contributed by atoms with E-state index in [1.165, 1.54) is 33.5 Å². The largest absolute Gasteiger partial charge is 0.504 e. The van der Waals surface area contributed by atoms with Crippen molar-refractivity contribution < 1.29 is 44.2 Å². The van der Waals surface area contributed by atoms with Crippen molar-refractivity contribution in [3.05, 3.63) is 41.5 Å². The van der Waals surface area contributed by atoms with Crippen LogP contribution in [0.15, 0.2) is 30.3 Å². The van der Waals surface area contributed by atoms with Gasteiger partial charge in [-0.05, 0) is 29.8 Å². The summed E-state index contributed by atoms with van der Waals surface area (Å²) in [5, 5.41) is 39.8. The molecular weight excluding hydrogens is 396 g/mol. The maximum Gasteiger partial charge on any atom is 0.203 e. The summed E-state index contributed by atoms with van der Waals surface area (Å²) in [5.41, 5.74) is 0.520. The zero-order valence-corrected chi connectivity index (χ0v) is 17.0. The van der Waals surface area contributed by atoms with E-state index >= 15 is 0 Å². The number of phenolic OH excluding ortho intramolecular Hbond substituents is 1. The summed E-state index contributed by atoms with van der Waals surface area (Å²) >= 11 is 0. The highest BCUT2D eigenvalue weighted by atomic mass is 16.5. The van der Waals surface area contributed by atoms with Gasteiger partial charge < -0.3 is 39.4 Å². The lowest BCUT2D eigenvalue weighted by Gasteiger charge is -2.25. The summed E-state index contributed by atoms with van der Waals surface area (Å²) in [6.45, 7) is -0.909. The Hall–Kier alpha value is -3.01. The number of aliphatic hydroxyl groups is 3. The fourth-order valence-corrected chi connectivity index (χ4v) is 2.87. The van der Waals surface area contributed by atoms with Crippen LogP contribution in [0.25, 0.3) is 0 Å². The number of ketones is 1. The molecule has 2 aromatic rings. The fraction of sp³-hybridized carbons (Fsp3) is 0.381. The van der Waals surface area contributed by atoms with Crippen molar-refractivity contribution in [3.63, 3.8) is 0 Å². The molecule has 0 aromatic heterocycles. The van der Waals surface area contributed by atoms with Crippen molar-refractivity contribution >= 4 is 5.78 Å². The van der Waals surface area contributed by atoms with Crippen LogP contribution in [0, 0.1) is 0 Å². The summed E-state index contributed by atoms with van der Waals surface area (Å²) in [5.74, 6) is -0.0449. The number of rotatable bonds is 11. The third-order valence-electron chi connectivity index (χ3n) is 4.47. The molecule has 0 spiro atoms. The Kier molecular flexibility index (Phi) is 8.28. The van der Waals surface area contributed by atoms with Crippen molar-refractivity contribution in [2.45, 2.75) is 18.6 Å². The van der Waals surface area contributed by atoms with E-state index in [4.69, 9.17) is 24.1 Å². The molecule has 164 valence electrons. The van der Waals surface area contributed by atoms with Gasteiger partial charge in [-0.25, -0.2) is 0 Å². The SMILES string of the molecule is COc1ccc(C(O)C(CO)Oc2c(O)cc(C(=O)CCO)cc2OC)cc1OC. The van der Waals surface area contributed by atoms with Crippen LogP contribution in [-0.4, -0.2) is 66.9 Å². The van der Waals surface area contributed by atoms with Crippen molar-refractivity contribution in [1.82, 2.24) is 0 Å². The normalized spacial score (nSPS) is 12.7. The zero-order chi connectivity index (χ0) is 22.3. The van der Waals surface area contributed by atoms with Crippen molar-refractivity contribution in [1.29, 1.82) is 0 Å². The van der Waals surface area contributed by atoms with Gasteiger partial charge in [-0.1, -0.05) is 6.07 Å². The second-order valence-electron chi connectivity index (χ2n) is 6.32. The standard InChI is InChI=1S/C21H26O9/c1-27-16-5-4-12(9-17(16)28-2)20(26)19(11-23)30-21-15(25)8-13(10-18(21)29-3)14(24)6-7-22/h4-5,8-10,19-20,22-23,25-26H,6-7,11H2,1-3H3. The number of phenols is 1. The quantitative estimate of drug-likeness (QED) is 0.397. The first-order valence-electron chi connectivity index (χ1n) is 9.12. The maximum absolute atomic E-state index is 12.0. The Labute approximate surface area is 174 Å². The van der Waals surface area contributed by atoms with Gasteiger partial charge in [0.15, 0.2) is 34.9 Å². The van der Waals surface area contributed by atoms with Crippen LogP contribution in [0.5, 0.6) is 28.7 Å². The van der Waals surface area contributed by atoms with E-state index in [0.717, 1.165) is 0 Å². The molecule has 2 aromatic carbocycles. The number of carbonyl (C=O) groups is 1. The highest BCUT2D eigenvalue weighted by Crippen LogP contribution is 2.40. The molecule has 30 heavy (non-hydrogen) atoms. The van der Waals surface area contributed by atoms with Gasteiger partial charge in [0, 0.05) is 12.0 Å². The third-order valence-corrected chi connectivity index (χ3v) is 4.47. The molecule has 0 radical (unpaired) electrons. The molecule has 0 aliphatic carbocycles. The number of carbonyl (C=O) groups excluding carboxylic acids is 1. The van der Waals surface area contributed by atoms with Crippen LogP contribution in [0.3, 0.4) is 0 Å². The lowest BCUT2D eigenvalue weighted by Crippen LogP contribution is -2.29. The van der Waals surface area contributed by atoms with Gasteiger partial charge in [-0.15, -0.1) is 0 Å². The molecule has 0 fully saturated rings. The van der Waals surface area contributed by atoms with Gasteiger partial charge in [0.05, 0.1) is 34.5 Å². The first kappa shape index (κ1) is 23.3. The predicted octanol–water partition coefficient (Wildman–Crippen LogP) is 1.46. The minimum Gasteiger partial charge on any atom is -0.504 e. The number of benzene rings is 2. The van der Waals surface area contributed by atoms with Gasteiger partial charge in [-0.2, -0.15) is 0 Å². The van der Waals surface area contributed by atoms with Crippen molar-refractivity contribution in [3.8, 4) is 28.7 Å². The summed E-state index contributed by atoms with van der Waals surface area (Å²) in [6.07, 6.45) is -2.56. The number of aliphatic hydroxyl groups excluding tert-OH is 3. The van der Waals surface area contributed by atoms with Gasteiger partial charge in [0.2, 0.25) is 5.75 Å². The second-order valence-corrected chi connectivity index (χ2v) is 6.32. The predicted molar refractivity (Wildman–Crippen MR) is 107 cm³/mol. The number of methoxy groups -OCH3 is 3. The summed E-state index contributed by atoms with van der Waals surface area (Å²) in [4.78, 5) is 12.0. The number of ether oxygens (including phenoxy) is 4. The third kappa shape index (κ3) is 5.12. The number of hydrogen-bond donors (Lipinski definition) is 4. The zero-order valence-electron chi connectivity index (χ0n) is 17.0. The van der Waals surface area contributed by atoms with Crippen LogP contribution in [0.4, 0.5) is 0 Å². The molecule has 9 heteroatoms. The molecule has 0 amide bonds. The number of hydrogen-bond acceptors (Lipinski definition) is 9. The van der Waals surface area contributed by atoms with E-state index in [-0.39, 0.29) is 35.9 Å². The molecule has 0 heterocycles. The molecular formula is C21H26O9. The Bertz CT molecular complexity index is 866. The lowest BCUT2D eigenvalue weighted by atomic mass is 10.0. The molecule has 4 N–H and O–H groups in total. The van der Waals surface area contributed by atoms with Crippen molar-refractivity contribution in [2.75, 3.05) is 34.5 Å². The molecule has 0 saturated carbocycles. The van der Waals surface area contributed by atoms with E-state index < -0.39 is 24.6 Å². The van der Waals surface area contributed by atoms with E-state index in [0.29, 0.717) is 17.1 Å². The van der Waals surface area contributed by atoms with E-state index in [1.807, 2.05) is 0 Å². The number of aromatic hydroxyl groups is 1. The summed E-state index contributed by atoms with van der Waals surface area (Å²) < 4.78 is 21.2. The Morgan fingerprint density at radius 1 is 0.967 bits per heavy atom. The Balaban J connectivity index is 2.33. The van der Waals surface area contributed by atoms with E-state index in [1.54, 1.807) is 18.2 Å². The van der Waals surface area contributed by atoms with Crippen LogP contribution in [0.2, 0.25) is 0 Å². The van der Waals surface area contributed by atoms with Crippen LogP contribution < -0.4 is 18.9 Å². The average Bonchev–Trinajstić information content (AvgIpc) is 2.76. The highest BCUT2D eigenvalue weighted by Gasteiger charge is 2.27. The minimum absolute atomic E-state index is 0.0363. The fourth-order valence-electron chi connectivity index (χ4n) is 2.87. The lowest BCUT2D eigenvalue weighted by molar-refractivity contribution is -0.00173. The Morgan fingerprint density at radius 3 is 2.20 bits per heavy atom. The monoisotopic (exact) mass is 422 g/mol. The van der Waals surface area contributed by atoms with Gasteiger partial charge in [-0.3, -0.25) is 4.79 Å². The molecule has 2 rings (SSSR count). The van der Waals surface area contributed by atoms with E-state index in [2.05, 4.69) is 0 Å². The second kappa shape index (κ2) is 10.7. The maximum atomic E-state index is 12.0. The summed E-state index contributed by atoms with van der Waals surface area (Å²) in [6, 6.07) is 7.26. The molecule has 0 bridgehead atoms. The van der Waals surface area contributed by atoms with E-state index in [9.17, 15) is 20.1 Å². The first-order chi connectivity index (χ1) is 14.4. The van der Waals surface area contributed by atoms with Crippen LogP contribution >= 0.6 is 0 Å². The Morgan fingerprint density at radius 2 is 1.63 bits per heavy atom. The molecule has 0 aliphatic heterocycles. The van der Waals surface area contributed by atoms with Crippen LogP contribution in [-0.2, 0) is 0 Å². The molecule has 9 nitrogen and oxygen atoms in total. The topological polar surface area (TPSA) is 135 Å². The number of Topliss-reactive ketones (excluding diaryl/α,β-unsaturated/α-hetero) is 1. The van der Waals surface area contributed by atoms with Crippen molar-refractivity contribution in [2.24, 2.45) is 0 Å². The molecule has 0 aliphatic rings. The van der Waals surface area contributed by atoms with Gasteiger partial charge in [0.25, 0.3) is 0 Å². The highest BCUT2D eigenvalue weighted by molar-refractivity contribution is 5.97. The van der Waals surface area contributed by atoms with Gasteiger partial charge in [0.1, 0.15) is 6.10 Å². The smallest absolute Gasteiger partial charge is 0.203 e. The molecule has 2 atom stereocenters.